The Morgan fingerprint density at radius 1 is 0.844 bits per heavy atom. The highest BCUT2D eigenvalue weighted by Crippen LogP contribution is 2.28. The van der Waals surface area contributed by atoms with Gasteiger partial charge in [0.1, 0.15) is 5.67 Å². The van der Waals surface area contributed by atoms with Gasteiger partial charge in [-0.2, -0.15) is 0 Å². The summed E-state index contributed by atoms with van der Waals surface area (Å²) in [6.45, 7) is 20.0. The van der Waals surface area contributed by atoms with E-state index >= 15 is 0 Å². The maximum Gasteiger partial charge on any atom is 0.102 e. The number of unbranched alkanes of at least 4 members (excludes halogenated alkanes) is 4. The van der Waals surface area contributed by atoms with Crippen LogP contribution in [0.15, 0.2) is 55.1 Å². The Morgan fingerprint density at radius 3 is 1.78 bits per heavy atom. The maximum absolute atomic E-state index is 11.7. The molecule has 1 unspecified atom stereocenters. The Labute approximate surface area is 199 Å². The third-order valence-corrected chi connectivity index (χ3v) is 5.24. The van der Waals surface area contributed by atoms with Crippen molar-refractivity contribution in [1.29, 1.82) is 0 Å². The van der Waals surface area contributed by atoms with E-state index in [0.29, 0.717) is 5.92 Å². The third-order valence-electron chi connectivity index (χ3n) is 5.24. The van der Waals surface area contributed by atoms with Crippen molar-refractivity contribution in [1.82, 2.24) is 0 Å². The first-order chi connectivity index (χ1) is 15.0. The minimum Gasteiger partial charge on any atom is -0.245 e. The van der Waals surface area contributed by atoms with Gasteiger partial charge in [-0.1, -0.05) is 121 Å². The summed E-state index contributed by atoms with van der Waals surface area (Å²) in [4.78, 5) is 0. The van der Waals surface area contributed by atoms with E-state index in [1.165, 1.54) is 93.5 Å². The van der Waals surface area contributed by atoms with Crippen LogP contribution in [0, 0.1) is 12.8 Å². The molecule has 2 aromatic carbocycles. The molecule has 1 heteroatoms. The summed E-state index contributed by atoms with van der Waals surface area (Å²) < 4.78 is 11.7. The Bertz CT molecular complexity index is 724. The molecule has 0 aliphatic heterocycles. The lowest BCUT2D eigenvalue weighted by Crippen LogP contribution is -2.01. The molecule has 1 atom stereocenters. The molecule has 180 valence electrons. The van der Waals surface area contributed by atoms with Crippen LogP contribution in [0.3, 0.4) is 0 Å². The quantitative estimate of drug-likeness (QED) is 0.340. The smallest absolute Gasteiger partial charge is 0.102 e. The van der Waals surface area contributed by atoms with E-state index in [1.807, 2.05) is 0 Å². The molecule has 0 amide bonds. The predicted octanol–water partition coefficient (Wildman–Crippen LogP) is 10.8. The van der Waals surface area contributed by atoms with Crippen molar-refractivity contribution in [2.75, 3.05) is 0 Å². The summed E-state index contributed by atoms with van der Waals surface area (Å²) in [5.74, 6) is 0.560. The van der Waals surface area contributed by atoms with E-state index < -0.39 is 5.67 Å². The van der Waals surface area contributed by atoms with Crippen LogP contribution in [0.2, 0.25) is 0 Å². The highest BCUT2D eigenvalue weighted by molar-refractivity contribution is 5.71. The SMILES string of the molecule is C=C(c1ccc(-c2ccccc2C)cc1)C(C)CCC.CC(C)(C)F.CCCCCCC. The molecule has 0 radical (unpaired) electrons. The van der Waals surface area contributed by atoms with Gasteiger partial charge < -0.3 is 0 Å². The van der Waals surface area contributed by atoms with E-state index in [9.17, 15) is 4.39 Å². The van der Waals surface area contributed by atoms with Gasteiger partial charge in [-0.3, -0.25) is 0 Å². The topological polar surface area (TPSA) is 0 Å². The van der Waals surface area contributed by atoms with Crippen LogP contribution < -0.4 is 0 Å². The average Bonchev–Trinajstić information content (AvgIpc) is 2.74. The molecule has 0 aromatic heterocycles. The van der Waals surface area contributed by atoms with Gasteiger partial charge >= 0.3 is 0 Å². The summed E-state index contributed by atoms with van der Waals surface area (Å²) >= 11 is 0. The largest absolute Gasteiger partial charge is 0.245 e. The number of alkyl halides is 1. The van der Waals surface area contributed by atoms with Crippen LogP contribution in [-0.4, -0.2) is 5.67 Å². The second kappa shape index (κ2) is 16.7. The van der Waals surface area contributed by atoms with E-state index in [1.54, 1.807) is 0 Å². The number of rotatable bonds is 9. The van der Waals surface area contributed by atoms with E-state index in [-0.39, 0.29) is 0 Å². The fourth-order valence-corrected chi connectivity index (χ4v) is 3.33. The number of hydrogen-bond donors (Lipinski definition) is 0. The number of hydrogen-bond acceptors (Lipinski definition) is 0. The standard InChI is InChI=1S/C20H24.C7H16.C4H9F/c1-5-8-15(2)17(4)18-11-13-19(14-12-18)20-10-7-6-9-16(20)3;1-3-5-7-6-4-2;1-4(2,3)5/h6-7,9-15H,4-5,8H2,1-3H3;3-7H2,1-2H3;1-3H3. The highest BCUT2D eigenvalue weighted by atomic mass is 19.1. The lowest BCUT2D eigenvalue weighted by Gasteiger charge is -2.15. The van der Waals surface area contributed by atoms with E-state index in [0.717, 1.165) is 0 Å². The van der Waals surface area contributed by atoms with Crippen molar-refractivity contribution in [2.24, 2.45) is 5.92 Å². The fraction of sp³-hybridized carbons (Fsp3) is 0.548. The first-order valence-electron chi connectivity index (χ1n) is 12.6. The number of benzene rings is 2. The van der Waals surface area contributed by atoms with Crippen molar-refractivity contribution in [3.05, 3.63) is 66.2 Å². The van der Waals surface area contributed by atoms with Gasteiger partial charge in [0.25, 0.3) is 0 Å². The molecule has 2 rings (SSSR count). The summed E-state index contributed by atoms with van der Waals surface area (Å²) in [5.41, 5.74) is 5.43. The Morgan fingerprint density at radius 2 is 1.34 bits per heavy atom. The van der Waals surface area contributed by atoms with Gasteiger partial charge in [0.05, 0.1) is 0 Å². The van der Waals surface area contributed by atoms with Crippen molar-refractivity contribution in [3.8, 4) is 11.1 Å². The van der Waals surface area contributed by atoms with Crippen LogP contribution in [-0.2, 0) is 0 Å². The van der Waals surface area contributed by atoms with E-state index in [4.69, 9.17) is 0 Å². The maximum atomic E-state index is 11.7. The normalized spacial score (nSPS) is 11.5. The second-order valence-corrected chi connectivity index (χ2v) is 9.73. The molecular formula is C31H49F. The van der Waals surface area contributed by atoms with Crippen molar-refractivity contribution in [3.63, 3.8) is 0 Å². The molecule has 0 N–H and O–H groups in total. The van der Waals surface area contributed by atoms with Gasteiger partial charge in [0.2, 0.25) is 0 Å². The number of halogens is 1. The number of aryl methyl sites for hydroxylation is 1. The molecule has 0 nitrogen and oxygen atoms in total. The third kappa shape index (κ3) is 14.2. The average molecular weight is 441 g/mol. The minimum atomic E-state index is -1.00. The molecule has 0 bridgehead atoms. The van der Waals surface area contributed by atoms with Crippen LogP contribution in [0.1, 0.15) is 105 Å². The molecule has 2 aromatic rings. The molecule has 0 aliphatic rings. The van der Waals surface area contributed by atoms with Gasteiger partial charge in [-0.05, 0) is 67.9 Å². The predicted molar refractivity (Wildman–Crippen MR) is 145 cm³/mol. The van der Waals surface area contributed by atoms with Crippen LogP contribution in [0.4, 0.5) is 4.39 Å². The Balaban J connectivity index is 0.000000663. The van der Waals surface area contributed by atoms with Gasteiger partial charge in [0, 0.05) is 0 Å². The van der Waals surface area contributed by atoms with Crippen molar-refractivity contribution in [2.45, 2.75) is 106 Å². The van der Waals surface area contributed by atoms with Crippen LogP contribution in [0.25, 0.3) is 16.7 Å². The molecule has 0 spiro atoms. The highest BCUT2D eigenvalue weighted by Gasteiger charge is 2.08. The molecule has 0 saturated carbocycles. The molecule has 0 heterocycles. The summed E-state index contributed by atoms with van der Waals surface area (Å²) in [5, 5.41) is 0. The van der Waals surface area contributed by atoms with Gasteiger partial charge in [0.15, 0.2) is 0 Å². The van der Waals surface area contributed by atoms with Gasteiger partial charge in [-0.15, -0.1) is 0 Å². The van der Waals surface area contributed by atoms with Crippen LogP contribution in [0.5, 0.6) is 0 Å². The Kier molecular flexibility index (Phi) is 15.7. The molecule has 0 fully saturated rings. The van der Waals surface area contributed by atoms with E-state index in [2.05, 4.69) is 89.7 Å². The summed E-state index contributed by atoms with van der Waals surface area (Å²) in [6.07, 6.45) is 9.43. The zero-order valence-corrected chi connectivity index (χ0v) is 22.2. The summed E-state index contributed by atoms with van der Waals surface area (Å²) in [7, 11) is 0. The lowest BCUT2D eigenvalue weighted by molar-refractivity contribution is 0.246. The lowest BCUT2D eigenvalue weighted by atomic mass is 9.90. The van der Waals surface area contributed by atoms with Crippen molar-refractivity contribution >= 4 is 5.57 Å². The first-order valence-corrected chi connectivity index (χ1v) is 12.6. The van der Waals surface area contributed by atoms with Crippen LogP contribution >= 0.6 is 0 Å². The zero-order chi connectivity index (χ0) is 24.6. The minimum absolute atomic E-state index is 0.560. The van der Waals surface area contributed by atoms with Gasteiger partial charge in [-0.25, -0.2) is 4.39 Å². The monoisotopic (exact) mass is 440 g/mol. The fourth-order valence-electron chi connectivity index (χ4n) is 3.33. The number of allylic oxidation sites excluding steroid dienone is 1. The molecule has 0 saturated heterocycles. The van der Waals surface area contributed by atoms with Crippen molar-refractivity contribution < 1.29 is 4.39 Å². The summed E-state index contributed by atoms with van der Waals surface area (Å²) in [6, 6.07) is 17.3. The first kappa shape index (κ1) is 30.1. The molecule has 0 aliphatic carbocycles. The zero-order valence-electron chi connectivity index (χ0n) is 22.2. The molecular weight excluding hydrogens is 391 g/mol. The second-order valence-electron chi connectivity index (χ2n) is 9.73. The Hall–Kier alpha value is -1.89. The molecule has 32 heavy (non-hydrogen) atoms.